The number of rotatable bonds is 4. The number of carbonyl (C=O) groups is 1. The topological polar surface area (TPSA) is 61.6 Å². The number of halogens is 3. The molecule has 2 aromatic rings. The maximum Gasteiger partial charge on any atom is 0.416 e. The third-order valence-electron chi connectivity index (χ3n) is 4.98. The highest BCUT2D eigenvalue weighted by molar-refractivity contribution is 5.89. The van der Waals surface area contributed by atoms with E-state index >= 15 is 0 Å². The van der Waals surface area contributed by atoms with Gasteiger partial charge in [-0.3, -0.25) is 4.90 Å². The molecule has 0 unspecified atom stereocenters. The Morgan fingerprint density at radius 1 is 1.21 bits per heavy atom. The molecule has 1 aliphatic heterocycles. The number of benzene rings is 1. The summed E-state index contributed by atoms with van der Waals surface area (Å²) in [6, 6.07) is 4.26. The number of amides is 2. The first-order chi connectivity index (χ1) is 13.4. The van der Waals surface area contributed by atoms with Crippen molar-refractivity contribution in [2.24, 2.45) is 0 Å². The van der Waals surface area contributed by atoms with Gasteiger partial charge in [-0.25, -0.2) is 9.78 Å². The van der Waals surface area contributed by atoms with Gasteiger partial charge in [0.05, 0.1) is 18.3 Å². The van der Waals surface area contributed by atoms with E-state index in [0.717, 1.165) is 36.6 Å². The Morgan fingerprint density at radius 3 is 2.64 bits per heavy atom. The number of urea groups is 1. The Hall–Kier alpha value is -2.55. The third-order valence-corrected chi connectivity index (χ3v) is 4.98. The molecule has 1 N–H and O–H groups in total. The molecule has 4 rings (SSSR count). The van der Waals surface area contributed by atoms with Crippen LogP contribution in [0, 0.1) is 0 Å². The molecule has 1 aromatic carbocycles. The highest BCUT2D eigenvalue weighted by Gasteiger charge is 2.31. The van der Waals surface area contributed by atoms with E-state index in [1.54, 1.807) is 11.1 Å². The summed E-state index contributed by atoms with van der Waals surface area (Å²) < 4.78 is 44.1. The van der Waals surface area contributed by atoms with Crippen molar-refractivity contribution in [3.8, 4) is 0 Å². The molecule has 2 amide bonds. The molecule has 1 aromatic heterocycles. The smallest absolute Gasteiger partial charge is 0.416 e. The van der Waals surface area contributed by atoms with Crippen LogP contribution in [0.2, 0.25) is 0 Å². The Kier molecular flexibility index (Phi) is 5.01. The molecule has 0 spiro atoms. The van der Waals surface area contributed by atoms with Crippen LogP contribution in [0.15, 0.2) is 34.9 Å². The van der Waals surface area contributed by atoms with E-state index in [-0.39, 0.29) is 5.69 Å². The average molecular weight is 394 g/mol. The number of alkyl halides is 3. The summed E-state index contributed by atoms with van der Waals surface area (Å²) in [6.45, 7) is 2.95. The van der Waals surface area contributed by atoms with Crippen molar-refractivity contribution in [2.45, 2.75) is 31.5 Å². The lowest BCUT2D eigenvalue weighted by Crippen LogP contribution is -2.49. The number of hydrogen-bond acceptors (Lipinski definition) is 4. The molecule has 2 fully saturated rings. The summed E-state index contributed by atoms with van der Waals surface area (Å²) >= 11 is 0. The second kappa shape index (κ2) is 7.46. The Labute approximate surface area is 160 Å². The van der Waals surface area contributed by atoms with Crippen molar-refractivity contribution in [1.82, 2.24) is 14.8 Å². The molecular formula is C19H21F3N4O2. The molecule has 150 valence electrons. The number of hydrogen-bond donors (Lipinski definition) is 1. The lowest BCUT2D eigenvalue weighted by molar-refractivity contribution is -0.137. The summed E-state index contributed by atoms with van der Waals surface area (Å²) in [5, 5.41) is 2.55. The van der Waals surface area contributed by atoms with Gasteiger partial charge in [-0.2, -0.15) is 13.2 Å². The molecule has 1 aliphatic carbocycles. The number of anilines is 1. The van der Waals surface area contributed by atoms with E-state index in [1.165, 1.54) is 12.1 Å². The molecule has 9 heteroatoms. The van der Waals surface area contributed by atoms with Crippen molar-refractivity contribution < 1.29 is 22.4 Å². The number of nitrogens with zero attached hydrogens (tertiary/aromatic N) is 3. The average Bonchev–Trinajstić information content (AvgIpc) is 3.41. The molecule has 2 aliphatic rings. The van der Waals surface area contributed by atoms with Gasteiger partial charge in [0.15, 0.2) is 5.89 Å². The van der Waals surface area contributed by atoms with E-state index in [9.17, 15) is 18.0 Å². The molecule has 1 saturated carbocycles. The zero-order valence-electron chi connectivity index (χ0n) is 15.2. The molecule has 6 nitrogen and oxygen atoms in total. The zero-order valence-corrected chi connectivity index (χ0v) is 15.2. The molecule has 0 bridgehead atoms. The van der Waals surface area contributed by atoms with Crippen molar-refractivity contribution in [3.05, 3.63) is 47.7 Å². The third kappa shape index (κ3) is 4.46. The number of oxazole rings is 1. The zero-order chi connectivity index (χ0) is 19.7. The highest BCUT2D eigenvalue weighted by Crippen LogP contribution is 2.39. The molecule has 28 heavy (non-hydrogen) atoms. The van der Waals surface area contributed by atoms with Crippen LogP contribution >= 0.6 is 0 Å². The first kappa shape index (κ1) is 18.8. The van der Waals surface area contributed by atoms with Gasteiger partial charge in [-0.1, -0.05) is 6.07 Å². The predicted octanol–water partition coefficient (Wildman–Crippen LogP) is 3.92. The van der Waals surface area contributed by atoms with Crippen LogP contribution in [-0.4, -0.2) is 47.0 Å². The number of nitrogens with one attached hydrogen (secondary N) is 1. The fourth-order valence-corrected chi connectivity index (χ4v) is 3.22. The minimum Gasteiger partial charge on any atom is -0.444 e. The fraction of sp³-hybridized carbons (Fsp3) is 0.474. The van der Waals surface area contributed by atoms with Gasteiger partial charge in [0.25, 0.3) is 0 Å². The monoisotopic (exact) mass is 394 g/mol. The Morgan fingerprint density at radius 2 is 1.96 bits per heavy atom. The quantitative estimate of drug-likeness (QED) is 0.854. The Bertz CT molecular complexity index is 840. The number of carbonyl (C=O) groups excluding carboxylic acids is 1. The van der Waals surface area contributed by atoms with E-state index in [2.05, 4.69) is 15.2 Å². The predicted molar refractivity (Wildman–Crippen MR) is 95.8 cm³/mol. The second-order valence-electron chi connectivity index (χ2n) is 7.21. The van der Waals surface area contributed by atoms with Gasteiger partial charge in [-0.15, -0.1) is 0 Å². The van der Waals surface area contributed by atoms with Gasteiger partial charge in [-0.05, 0) is 31.0 Å². The number of aromatic nitrogens is 1. The summed E-state index contributed by atoms with van der Waals surface area (Å²) in [5.74, 6) is 2.11. The second-order valence-corrected chi connectivity index (χ2v) is 7.21. The fourth-order valence-electron chi connectivity index (χ4n) is 3.22. The standard InChI is InChI=1S/C19H21F3N4O2/c20-19(21,22)14-2-1-3-15(10-14)24-18(27)26-8-6-25(7-9-26)12-16-11-23-17(28-16)13-4-5-13/h1-3,10-11,13H,4-9,12H2,(H,24,27). The van der Waals surface area contributed by atoms with Gasteiger partial charge < -0.3 is 14.6 Å². The molecular weight excluding hydrogens is 373 g/mol. The minimum atomic E-state index is -4.44. The van der Waals surface area contributed by atoms with Crippen molar-refractivity contribution in [2.75, 3.05) is 31.5 Å². The van der Waals surface area contributed by atoms with Gasteiger partial charge in [0.2, 0.25) is 0 Å². The lowest BCUT2D eigenvalue weighted by atomic mass is 10.2. The summed E-state index contributed by atoms with van der Waals surface area (Å²) in [5.41, 5.74) is -0.649. The van der Waals surface area contributed by atoms with Crippen LogP contribution in [0.3, 0.4) is 0 Å². The molecule has 0 radical (unpaired) electrons. The van der Waals surface area contributed by atoms with Crippen molar-refractivity contribution in [1.29, 1.82) is 0 Å². The van der Waals surface area contributed by atoms with Crippen molar-refractivity contribution >= 4 is 11.7 Å². The molecule has 2 heterocycles. The summed E-state index contributed by atoms with van der Waals surface area (Å²) in [7, 11) is 0. The van der Waals surface area contributed by atoms with Crippen LogP contribution in [0.1, 0.15) is 36.0 Å². The van der Waals surface area contributed by atoms with Crippen LogP contribution in [0.5, 0.6) is 0 Å². The maximum absolute atomic E-state index is 12.8. The van der Waals surface area contributed by atoms with Gasteiger partial charge in [0.1, 0.15) is 5.76 Å². The number of piperazine rings is 1. The summed E-state index contributed by atoms with van der Waals surface area (Å²) in [4.78, 5) is 20.5. The van der Waals surface area contributed by atoms with Crippen molar-refractivity contribution in [3.63, 3.8) is 0 Å². The largest absolute Gasteiger partial charge is 0.444 e. The Balaban J connectivity index is 1.27. The first-order valence-corrected chi connectivity index (χ1v) is 9.28. The first-order valence-electron chi connectivity index (χ1n) is 9.28. The normalized spacial score (nSPS) is 18.3. The van der Waals surface area contributed by atoms with Crippen LogP contribution in [0.25, 0.3) is 0 Å². The highest BCUT2D eigenvalue weighted by atomic mass is 19.4. The van der Waals surface area contributed by atoms with E-state index in [1.807, 2.05) is 0 Å². The van der Waals surface area contributed by atoms with Crippen LogP contribution < -0.4 is 5.32 Å². The van der Waals surface area contributed by atoms with E-state index < -0.39 is 17.8 Å². The summed E-state index contributed by atoms with van der Waals surface area (Å²) in [6.07, 6.45) is -0.397. The molecule has 1 saturated heterocycles. The SMILES string of the molecule is O=C(Nc1cccc(C(F)(F)F)c1)N1CCN(Cc2cnc(C3CC3)o2)CC1. The maximum atomic E-state index is 12.8. The van der Waals surface area contributed by atoms with E-state index in [4.69, 9.17) is 4.42 Å². The minimum absolute atomic E-state index is 0.136. The van der Waals surface area contributed by atoms with Crippen LogP contribution in [0.4, 0.5) is 23.7 Å². The van der Waals surface area contributed by atoms with Gasteiger partial charge in [0, 0.05) is 37.8 Å². The van der Waals surface area contributed by atoms with Crippen LogP contribution in [-0.2, 0) is 12.7 Å². The van der Waals surface area contributed by atoms with Gasteiger partial charge >= 0.3 is 12.2 Å². The lowest BCUT2D eigenvalue weighted by Gasteiger charge is -2.34. The molecule has 0 atom stereocenters. The van der Waals surface area contributed by atoms with E-state index in [0.29, 0.717) is 38.6 Å².